The zero-order chi connectivity index (χ0) is 37.7. The number of hydrogen-bond donors (Lipinski definition) is 0. The van der Waals surface area contributed by atoms with Gasteiger partial charge in [0.05, 0.1) is 35.8 Å². The van der Waals surface area contributed by atoms with Crippen molar-refractivity contribution in [3.05, 3.63) is 170 Å². The Morgan fingerprint density at radius 3 is 1.34 bits per heavy atom. The third-order valence-electron chi connectivity index (χ3n) is 8.09. The molecule has 7 aromatic carbocycles. The number of para-hydroxylation sites is 3. The van der Waals surface area contributed by atoms with E-state index in [2.05, 4.69) is 0 Å². The monoisotopic (exact) mass is 570 g/mol. The van der Waals surface area contributed by atoms with Gasteiger partial charge in [-0.15, -0.1) is 0 Å². The van der Waals surface area contributed by atoms with E-state index in [1.54, 1.807) is 33.4 Å². The average molecular weight is 571 g/mol. The van der Waals surface area contributed by atoms with Gasteiger partial charge in [0, 0.05) is 32.9 Å². The lowest BCUT2D eigenvalue weighted by atomic mass is 9.98. The number of fused-ring (bicyclic) bond motifs is 6. The van der Waals surface area contributed by atoms with Crippen LogP contribution in [0.1, 0.15) is 13.7 Å². The summed E-state index contributed by atoms with van der Waals surface area (Å²) in [6.07, 6.45) is 0. The van der Waals surface area contributed by atoms with E-state index in [0.29, 0.717) is 11.4 Å². The van der Waals surface area contributed by atoms with Crippen molar-refractivity contribution < 1.29 is 13.7 Å². The first-order valence-electron chi connectivity index (χ1n) is 19.3. The van der Waals surface area contributed by atoms with Crippen LogP contribution in [0.4, 0.5) is 0 Å². The number of aromatic nitrogens is 2. The summed E-state index contributed by atoms with van der Waals surface area (Å²) in [5.74, 6) is 0. The molecule has 2 heterocycles. The second-order valence-electron chi connectivity index (χ2n) is 10.7. The Morgan fingerprint density at radius 1 is 0.364 bits per heavy atom. The van der Waals surface area contributed by atoms with Gasteiger partial charge in [-0.3, -0.25) is 0 Å². The van der Waals surface area contributed by atoms with Crippen molar-refractivity contribution in [2.24, 2.45) is 0 Å². The maximum atomic E-state index is 10.0. The van der Waals surface area contributed by atoms with Crippen molar-refractivity contribution in [3.63, 3.8) is 0 Å². The van der Waals surface area contributed by atoms with Gasteiger partial charge in [0.1, 0.15) is 0 Å². The van der Waals surface area contributed by atoms with Gasteiger partial charge in [0.2, 0.25) is 0 Å². The van der Waals surface area contributed by atoms with Crippen molar-refractivity contribution in [3.8, 4) is 33.6 Å². The predicted molar refractivity (Wildman–Crippen MR) is 186 cm³/mol. The van der Waals surface area contributed by atoms with Crippen molar-refractivity contribution in [1.29, 1.82) is 0 Å². The molecule has 2 nitrogen and oxygen atoms in total. The van der Waals surface area contributed by atoms with Crippen LogP contribution >= 0.6 is 0 Å². The molecule has 0 N–H and O–H groups in total. The van der Waals surface area contributed by atoms with E-state index in [1.165, 1.54) is 0 Å². The molecule has 2 heteroatoms. The first-order chi connectivity index (χ1) is 26.0. The van der Waals surface area contributed by atoms with E-state index >= 15 is 0 Å². The van der Waals surface area contributed by atoms with Gasteiger partial charge in [-0.2, -0.15) is 0 Å². The van der Waals surface area contributed by atoms with Crippen LogP contribution in [0.15, 0.2) is 170 Å². The van der Waals surface area contributed by atoms with E-state index < -0.39 is 24.2 Å². The molecule has 44 heavy (non-hydrogen) atoms. The number of rotatable bonds is 4. The largest absolute Gasteiger partial charge is 0.309 e. The molecule has 0 aliphatic carbocycles. The Bertz CT molecular complexity index is 2970. The maximum absolute atomic E-state index is 10.0. The molecule has 0 aliphatic rings. The lowest BCUT2D eigenvalue weighted by molar-refractivity contribution is 1.16. The van der Waals surface area contributed by atoms with Gasteiger partial charge in [-0.25, -0.2) is 0 Å². The highest BCUT2D eigenvalue weighted by Crippen LogP contribution is 2.40. The smallest absolute Gasteiger partial charge is 0.0668 e. The molecule has 2 aromatic heterocycles. The number of benzene rings is 7. The van der Waals surface area contributed by atoms with Crippen LogP contribution in [-0.4, -0.2) is 9.13 Å². The van der Waals surface area contributed by atoms with E-state index in [-0.39, 0.29) is 79.9 Å². The standard InChI is InChI=1S/C42H28N2/c1-4-14-29(15-5-1)31-24-32(30-16-6-2-7-17-30)26-34(25-31)44-40-23-13-11-21-36(40)38-27-37-35-20-10-12-22-39(35)43(41(37)28-42(38)44)33-18-8-3-9-19-33/h1-28H/i10D,11D,12D,13D,20D,21D,22D,23D,27D,28D. The summed E-state index contributed by atoms with van der Waals surface area (Å²) in [5, 5.41) is 0.275. The normalized spacial score (nSPS) is 14.8. The summed E-state index contributed by atoms with van der Waals surface area (Å²) in [4.78, 5) is 0. The Hall–Kier alpha value is -5.86. The van der Waals surface area contributed by atoms with E-state index in [4.69, 9.17) is 8.22 Å². The molecule has 0 unspecified atom stereocenters. The molecule has 0 saturated heterocycles. The summed E-state index contributed by atoms with van der Waals surface area (Å²) in [6.45, 7) is 0. The highest BCUT2D eigenvalue weighted by molar-refractivity contribution is 6.19. The molecule has 0 spiro atoms. The molecule has 9 rings (SSSR count). The predicted octanol–water partition coefficient (Wildman–Crippen LogP) is 11.2. The minimum Gasteiger partial charge on any atom is -0.309 e. The lowest BCUT2D eigenvalue weighted by Gasteiger charge is -2.14. The Kier molecular flexibility index (Phi) is 3.74. The van der Waals surface area contributed by atoms with Crippen molar-refractivity contribution in [2.45, 2.75) is 0 Å². The van der Waals surface area contributed by atoms with Crippen LogP contribution < -0.4 is 0 Å². The molecular weight excluding hydrogens is 532 g/mol. The summed E-state index contributed by atoms with van der Waals surface area (Å²) in [6, 6.07) is 30.6. The summed E-state index contributed by atoms with van der Waals surface area (Å²) < 4.78 is 94.2. The van der Waals surface area contributed by atoms with Gasteiger partial charge in [0.25, 0.3) is 0 Å². The summed E-state index contributed by atoms with van der Waals surface area (Å²) in [7, 11) is 0. The van der Waals surface area contributed by atoms with Gasteiger partial charge < -0.3 is 9.13 Å². The molecule has 0 amide bonds. The summed E-state index contributed by atoms with van der Waals surface area (Å²) >= 11 is 0. The first kappa shape index (κ1) is 16.7. The quantitative estimate of drug-likeness (QED) is 0.199. The Balaban J connectivity index is 1.57. The maximum Gasteiger partial charge on any atom is 0.0668 e. The fourth-order valence-electron chi connectivity index (χ4n) is 6.14. The van der Waals surface area contributed by atoms with Crippen LogP contribution in [0.5, 0.6) is 0 Å². The van der Waals surface area contributed by atoms with Crippen LogP contribution in [-0.2, 0) is 0 Å². The lowest BCUT2D eigenvalue weighted by Crippen LogP contribution is -1.97. The molecule has 0 fully saturated rings. The van der Waals surface area contributed by atoms with Gasteiger partial charge in [-0.05, 0) is 76.8 Å². The molecule has 206 valence electrons. The summed E-state index contributed by atoms with van der Waals surface area (Å²) in [5.41, 5.74) is 4.96. The minimum atomic E-state index is -0.491. The van der Waals surface area contributed by atoms with Gasteiger partial charge in [-0.1, -0.05) is 115 Å². The van der Waals surface area contributed by atoms with E-state index in [0.717, 1.165) is 22.3 Å². The first-order valence-corrected chi connectivity index (χ1v) is 14.3. The van der Waals surface area contributed by atoms with E-state index in [9.17, 15) is 5.48 Å². The topological polar surface area (TPSA) is 9.86 Å². The van der Waals surface area contributed by atoms with Crippen molar-refractivity contribution in [2.75, 3.05) is 0 Å². The van der Waals surface area contributed by atoms with Crippen LogP contribution in [0.25, 0.3) is 77.2 Å². The minimum absolute atomic E-state index is 0.0456. The van der Waals surface area contributed by atoms with Crippen LogP contribution in [0, 0.1) is 0 Å². The Morgan fingerprint density at radius 2 is 0.818 bits per heavy atom. The third-order valence-corrected chi connectivity index (χ3v) is 8.09. The third kappa shape index (κ3) is 3.82. The molecular formula is C42H28N2. The molecule has 0 atom stereocenters. The highest BCUT2D eigenvalue weighted by Gasteiger charge is 2.19. The zero-order valence-electron chi connectivity index (χ0n) is 33.3. The second kappa shape index (κ2) is 9.86. The van der Waals surface area contributed by atoms with Crippen LogP contribution in [0.3, 0.4) is 0 Å². The van der Waals surface area contributed by atoms with Crippen LogP contribution in [0.2, 0.25) is 0 Å². The fraction of sp³-hybridized carbons (Fsp3) is 0. The molecule has 0 radical (unpaired) electrons. The number of hydrogen-bond acceptors (Lipinski definition) is 0. The highest BCUT2D eigenvalue weighted by atomic mass is 15.0. The van der Waals surface area contributed by atoms with Crippen molar-refractivity contribution >= 4 is 43.6 Å². The molecule has 9 aromatic rings. The molecule has 0 aliphatic heterocycles. The zero-order valence-corrected chi connectivity index (χ0v) is 23.3. The molecule has 0 bridgehead atoms. The molecule has 0 saturated carbocycles. The Labute approximate surface area is 269 Å². The van der Waals surface area contributed by atoms with Gasteiger partial charge >= 0.3 is 0 Å². The van der Waals surface area contributed by atoms with Crippen molar-refractivity contribution in [1.82, 2.24) is 9.13 Å². The SMILES string of the molecule is [2H]c1c([2H])c([2H])c2c(c1[2H])c1c([2H])c3c4c([2H])c([2H])c([2H])c([2H])c4n(-c4cc(-c5ccccc5)cc(-c5ccccc5)c4)c3c([2H])c1n2-c1ccccc1. The second-order valence-corrected chi connectivity index (χ2v) is 10.7. The fourth-order valence-corrected chi connectivity index (χ4v) is 6.14. The average Bonchev–Trinajstić information content (AvgIpc) is 3.77. The number of nitrogens with zero attached hydrogens (tertiary/aromatic N) is 2. The van der Waals surface area contributed by atoms with E-state index in [1.807, 2.05) is 84.9 Å². The van der Waals surface area contributed by atoms with Gasteiger partial charge in [0.15, 0.2) is 0 Å².